The van der Waals surface area contributed by atoms with Gasteiger partial charge in [-0.25, -0.2) is 0 Å². The number of rotatable bonds is 4. The SMILES string of the molecule is CCN1CCCC(CCO)(NC)CC1. The number of aliphatic hydroxyl groups is 1. The van der Waals surface area contributed by atoms with E-state index < -0.39 is 0 Å². The number of hydrogen-bond donors (Lipinski definition) is 2. The molecule has 1 rings (SSSR count). The lowest BCUT2D eigenvalue weighted by atomic mass is 9.87. The van der Waals surface area contributed by atoms with E-state index in [2.05, 4.69) is 17.1 Å². The van der Waals surface area contributed by atoms with Crippen molar-refractivity contribution in [1.29, 1.82) is 0 Å². The molecular formula is C11H24N2O. The van der Waals surface area contributed by atoms with Crippen LogP contribution in [-0.2, 0) is 0 Å². The molecule has 1 aliphatic rings. The Morgan fingerprint density at radius 1 is 1.36 bits per heavy atom. The van der Waals surface area contributed by atoms with Crippen molar-refractivity contribution in [2.45, 2.75) is 38.1 Å². The van der Waals surface area contributed by atoms with Crippen molar-refractivity contribution in [3.63, 3.8) is 0 Å². The third-order valence-electron chi connectivity index (χ3n) is 3.60. The van der Waals surface area contributed by atoms with Gasteiger partial charge < -0.3 is 15.3 Å². The van der Waals surface area contributed by atoms with Crippen LogP contribution in [0.5, 0.6) is 0 Å². The lowest BCUT2D eigenvalue weighted by Gasteiger charge is -2.32. The summed E-state index contributed by atoms with van der Waals surface area (Å²) in [5.74, 6) is 0. The summed E-state index contributed by atoms with van der Waals surface area (Å²) in [7, 11) is 2.03. The average molecular weight is 200 g/mol. The molecule has 14 heavy (non-hydrogen) atoms. The Labute approximate surface area is 87.5 Å². The van der Waals surface area contributed by atoms with Gasteiger partial charge in [0.2, 0.25) is 0 Å². The molecule has 0 aromatic carbocycles. The Bertz CT molecular complexity index is 163. The lowest BCUT2D eigenvalue weighted by molar-refractivity contribution is 0.196. The highest BCUT2D eigenvalue weighted by Crippen LogP contribution is 2.25. The quantitative estimate of drug-likeness (QED) is 0.705. The first-order valence-electron chi connectivity index (χ1n) is 5.78. The minimum Gasteiger partial charge on any atom is -0.396 e. The van der Waals surface area contributed by atoms with Crippen molar-refractivity contribution in [2.75, 3.05) is 33.3 Å². The highest BCUT2D eigenvalue weighted by atomic mass is 16.3. The molecule has 84 valence electrons. The molecule has 0 amide bonds. The van der Waals surface area contributed by atoms with Gasteiger partial charge in [-0.3, -0.25) is 0 Å². The molecular weight excluding hydrogens is 176 g/mol. The Balaban J connectivity index is 2.52. The summed E-state index contributed by atoms with van der Waals surface area (Å²) in [5.41, 5.74) is 0.193. The van der Waals surface area contributed by atoms with E-state index in [1.807, 2.05) is 7.05 Å². The first-order chi connectivity index (χ1) is 6.76. The molecule has 0 aliphatic carbocycles. The predicted octanol–water partition coefficient (Wildman–Crippen LogP) is 0.833. The summed E-state index contributed by atoms with van der Waals surface area (Å²) >= 11 is 0. The van der Waals surface area contributed by atoms with Crippen molar-refractivity contribution in [2.24, 2.45) is 0 Å². The molecule has 0 aromatic heterocycles. The predicted molar refractivity (Wildman–Crippen MR) is 59.5 cm³/mol. The number of nitrogens with zero attached hydrogens (tertiary/aromatic N) is 1. The summed E-state index contributed by atoms with van der Waals surface area (Å²) in [4.78, 5) is 2.50. The van der Waals surface area contributed by atoms with Crippen LogP contribution in [-0.4, -0.2) is 48.8 Å². The van der Waals surface area contributed by atoms with E-state index in [0.717, 1.165) is 25.9 Å². The van der Waals surface area contributed by atoms with E-state index in [1.54, 1.807) is 0 Å². The molecule has 0 spiro atoms. The fraction of sp³-hybridized carbons (Fsp3) is 1.00. The second kappa shape index (κ2) is 5.69. The zero-order chi connectivity index (χ0) is 10.4. The average Bonchev–Trinajstić information content (AvgIpc) is 2.42. The molecule has 0 radical (unpaired) electrons. The van der Waals surface area contributed by atoms with Crippen molar-refractivity contribution >= 4 is 0 Å². The molecule has 1 aliphatic heterocycles. The van der Waals surface area contributed by atoms with E-state index in [0.29, 0.717) is 6.61 Å². The number of likely N-dealkylation sites (tertiary alicyclic amines) is 1. The summed E-state index contributed by atoms with van der Waals surface area (Å²) in [5, 5.41) is 12.5. The van der Waals surface area contributed by atoms with Crippen molar-refractivity contribution in [3.05, 3.63) is 0 Å². The van der Waals surface area contributed by atoms with Gasteiger partial charge in [-0.05, 0) is 52.4 Å². The fourth-order valence-corrected chi connectivity index (χ4v) is 2.41. The molecule has 1 heterocycles. The Hall–Kier alpha value is -0.120. The maximum Gasteiger partial charge on any atom is 0.0448 e. The van der Waals surface area contributed by atoms with Crippen LogP contribution in [0.25, 0.3) is 0 Å². The Morgan fingerprint density at radius 2 is 2.14 bits per heavy atom. The molecule has 3 heteroatoms. The highest BCUT2D eigenvalue weighted by Gasteiger charge is 2.29. The fourth-order valence-electron chi connectivity index (χ4n) is 2.41. The van der Waals surface area contributed by atoms with Gasteiger partial charge in [-0.15, -0.1) is 0 Å². The topological polar surface area (TPSA) is 35.5 Å². The Kier molecular flexibility index (Phi) is 4.85. The van der Waals surface area contributed by atoms with Crippen molar-refractivity contribution in [1.82, 2.24) is 10.2 Å². The molecule has 3 nitrogen and oxygen atoms in total. The molecule has 2 N–H and O–H groups in total. The molecule has 0 saturated carbocycles. The second-order valence-electron chi connectivity index (χ2n) is 4.29. The van der Waals surface area contributed by atoms with Gasteiger partial charge in [0.15, 0.2) is 0 Å². The van der Waals surface area contributed by atoms with Crippen LogP contribution in [0.1, 0.15) is 32.6 Å². The van der Waals surface area contributed by atoms with E-state index in [9.17, 15) is 0 Å². The van der Waals surface area contributed by atoms with Crippen LogP contribution < -0.4 is 5.32 Å². The first-order valence-corrected chi connectivity index (χ1v) is 5.78. The third kappa shape index (κ3) is 2.94. The normalized spacial score (nSPS) is 30.2. The maximum atomic E-state index is 9.08. The van der Waals surface area contributed by atoms with E-state index in [1.165, 1.54) is 19.4 Å². The first kappa shape index (κ1) is 12.0. The van der Waals surface area contributed by atoms with Crippen LogP contribution >= 0.6 is 0 Å². The zero-order valence-electron chi connectivity index (χ0n) is 9.55. The van der Waals surface area contributed by atoms with Gasteiger partial charge in [0.1, 0.15) is 0 Å². The lowest BCUT2D eigenvalue weighted by Crippen LogP contribution is -2.44. The van der Waals surface area contributed by atoms with Gasteiger partial charge in [0, 0.05) is 12.1 Å². The number of nitrogens with one attached hydrogen (secondary N) is 1. The third-order valence-corrected chi connectivity index (χ3v) is 3.60. The van der Waals surface area contributed by atoms with E-state index >= 15 is 0 Å². The molecule has 1 fully saturated rings. The summed E-state index contributed by atoms with van der Waals surface area (Å²) in [6, 6.07) is 0. The van der Waals surface area contributed by atoms with Gasteiger partial charge in [0.25, 0.3) is 0 Å². The highest BCUT2D eigenvalue weighted by molar-refractivity contribution is 4.89. The Morgan fingerprint density at radius 3 is 2.71 bits per heavy atom. The largest absolute Gasteiger partial charge is 0.396 e. The van der Waals surface area contributed by atoms with Crippen molar-refractivity contribution < 1.29 is 5.11 Å². The van der Waals surface area contributed by atoms with Crippen LogP contribution in [0.15, 0.2) is 0 Å². The molecule has 1 saturated heterocycles. The van der Waals surface area contributed by atoms with Gasteiger partial charge in [-0.1, -0.05) is 6.92 Å². The zero-order valence-corrected chi connectivity index (χ0v) is 9.55. The maximum absolute atomic E-state index is 9.08. The van der Waals surface area contributed by atoms with Gasteiger partial charge in [-0.2, -0.15) is 0 Å². The van der Waals surface area contributed by atoms with Crippen molar-refractivity contribution in [3.8, 4) is 0 Å². The summed E-state index contributed by atoms with van der Waals surface area (Å²) < 4.78 is 0. The van der Waals surface area contributed by atoms with Crippen LogP contribution in [0.3, 0.4) is 0 Å². The number of aliphatic hydroxyl groups excluding tert-OH is 1. The second-order valence-corrected chi connectivity index (χ2v) is 4.29. The smallest absolute Gasteiger partial charge is 0.0448 e. The summed E-state index contributed by atoms with van der Waals surface area (Å²) in [6.07, 6.45) is 4.49. The van der Waals surface area contributed by atoms with E-state index in [-0.39, 0.29) is 5.54 Å². The molecule has 0 aromatic rings. The van der Waals surface area contributed by atoms with Gasteiger partial charge in [0.05, 0.1) is 0 Å². The minimum atomic E-state index is 0.193. The van der Waals surface area contributed by atoms with Crippen LogP contribution in [0.4, 0.5) is 0 Å². The van der Waals surface area contributed by atoms with E-state index in [4.69, 9.17) is 5.11 Å². The molecule has 1 unspecified atom stereocenters. The van der Waals surface area contributed by atoms with Crippen LogP contribution in [0, 0.1) is 0 Å². The monoisotopic (exact) mass is 200 g/mol. The number of hydrogen-bond acceptors (Lipinski definition) is 3. The standard InChI is InChI=1S/C11H24N2O/c1-3-13-8-4-5-11(12-2,6-9-13)7-10-14/h12,14H,3-10H2,1-2H3. The minimum absolute atomic E-state index is 0.193. The molecule has 0 bridgehead atoms. The molecule has 1 atom stereocenters. The summed E-state index contributed by atoms with van der Waals surface area (Å²) in [6.45, 7) is 6.05. The van der Waals surface area contributed by atoms with Gasteiger partial charge >= 0.3 is 0 Å². The van der Waals surface area contributed by atoms with Crippen LogP contribution in [0.2, 0.25) is 0 Å².